The third-order valence-corrected chi connectivity index (χ3v) is 6.63. The van der Waals surface area contributed by atoms with Crippen LogP contribution in [0.1, 0.15) is 131 Å². The van der Waals surface area contributed by atoms with Crippen LogP contribution in [-0.2, 0) is 4.74 Å². The molecule has 0 saturated heterocycles. The van der Waals surface area contributed by atoms with Crippen LogP contribution in [0.2, 0.25) is 0 Å². The maximum atomic E-state index is 12.6. The zero-order valence-electron chi connectivity index (χ0n) is 23.0. The van der Waals surface area contributed by atoms with E-state index < -0.39 is 6.16 Å². The Bertz CT molecular complexity index is 845. The number of hydrogen-bond donors (Lipinski definition) is 2. The highest BCUT2D eigenvalue weighted by atomic mass is 16.6. The quantitative estimate of drug-likeness (QED) is 0.153. The minimum Gasteiger partial charge on any atom is -0.462 e. The number of benzene rings is 2. The topological polar surface area (TPSA) is 83.8 Å². The number of ether oxygens (including phenoxy) is 1. The van der Waals surface area contributed by atoms with Crippen LogP contribution in [0.25, 0.3) is 0 Å². The zero-order valence-corrected chi connectivity index (χ0v) is 23.0. The van der Waals surface area contributed by atoms with Gasteiger partial charge in [0, 0.05) is 5.92 Å². The lowest BCUT2D eigenvalue weighted by molar-refractivity contribution is 0.0524. The van der Waals surface area contributed by atoms with Gasteiger partial charge in [-0.15, -0.1) is 0 Å². The van der Waals surface area contributed by atoms with E-state index in [1.54, 1.807) is 0 Å². The lowest BCUT2D eigenvalue weighted by Crippen LogP contribution is -2.12. The Labute approximate surface area is 224 Å². The first-order valence-corrected chi connectivity index (χ1v) is 14.2. The molecule has 0 spiro atoms. The Morgan fingerprint density at radius 3 is 1.65 bits per heavy atom. The van der Waals surface area contributed by atoms with E-state index in [4.69, 9.17) is 19.7 Å². The fourth-order valence-corrected chi connectivity index (χ4v) is 4.75. The molecular weight excluding hydrogens is 464 g/mol. The molecule has 0 fully saturated rings. The second-order valence-electron chi connectivity index (χ2n) is 9.58. The van der Waals surface area contributed by atoms with E-state index in [1.807, 2.05) is 25.1 Å². The van der Waals surface area contributed by atoms with Crippen molar-refractivity contribution >= 4 is 12.1 Å². The van der Waals surface area contributed by atoms with Crippen molar-refractivity contribution in [3.05, 3.63) is 71.3 Å². The van der Waals surface area contributed by atoms with Gasteiger partial charge in [-0.2, -0.15) is 0 Å². The summed E-state index contributed by atoms with van der Waals surface area (Å²) in [6.07, 6.45) is 17.0. The summed E-state index contributed by atoms with van der Waals surface area (Å²) < 4.78 is 5.34. The number of hydrogen-bond acceptors (Lipinski definition) is 3. The lowest BCUT2D eigenvalue weighted by atomic mass is 9.84. The SMILES string of the molecule is CCCCCCCCCCCCCCCC(c1ccccc1)c1ccccc1C(=O)OCC.O=C(O)O. The van der Waals surface area contributed by atoms with E-state index in [9.17, 15) is 4.79 Å². The van der Waals surface area contributed by atoms with Gasteiger partial charge in [-0.3, -0.25) is 0 Å². The maximum absolute atomic E-state index is 12.6. The van der Waals surface area contributed by atoms with E-state index in [0.717, 1.165) is 12.0 Å². The van der Waals surface area contributed by atoms with Gasteiger partial charge in [-0.1, -0.05) is 139 Å². The Hall–Kier alpha value is -2.82. The molecule has 37 heavy (non-hydrogen) atoms. The molecule has 0 aliphatic heterocycles. The molecule has 0 radical (unpaired) electrons. The standard InChI is InChI=1S/C31H46O2.CH2O3/c1-3-5-6-7-8-9-10-11-12-13-14-15-19-24-28(27-22-17-16-18-23-27)29-25-20-21-26-30(29)31(32)33-4-2;2-1(3)4/h16-18,20-23,25-26,28H,3-15,19,24H2,1-2H3;(H2,2,3,4). The van der Waals surface area contributed by atoms with E-state index in [-0.39, 0.29) is 11.9 Å². The molecule has 2 N–H and O–H groups in total. The van der Waals surface area contributed by atoms with Crippen LogP contribution in [0.4, 0.5) is 4.79 Å². The molecule has 1 unspecified atom stereocenters. The number of carbonyl (C=O) groups is 2. The van der Waals surface area contributed by atoms with Gasteiger partial charge < -0.3 is 14.9 Å². The highest BCUT2D eigenvalue weighted by Crippen LogP contribution is 2.32. The monoisotopic (exact) mass is 512 g/mol. The summed E-state index contributed by atoms with van der Waals surface area (Å²) in [5, 5.41) is 13.9. The van der Waals surface area contributed by atoms with E-state index in [1.165, 1.54) is 89.0 Å². The maximum Gasteiger partial charge on any atom is 0.503 e. The minimum atomic E-state index is -1.83. The first-order chi connectivity index (χ1) is 18.0. The van der Waals surface area contributed by atoms with Crippen molar-refractivity contribution in [3.8, 4) is 0 Å². The molecule has 2 aromatic rings. The number of carboxylic acid groups (broad SMARTS) is 2. The fraction of sp³-hybridized carbons (Fsp3) is 0.562. The van der Waals surface area contributed by atoms with Crippen molar-refractivity contribution in [2.45, 2.75) is 110 Å². The third-order valence-electron chi connectivity index (χ3n) is 6.63. The van der Waals surface area contributed by atoms with Crippen LogP contribution in [-0.4, -0.2) is 28.9 Å². The average Bonchev–Trinajstić information content (AvgIpc) is 2.89. The summed E-state index contributed by atoms with van der Waals surface area (Å²) in [7, 11) is 0. The van der Waals surface area contributed by atoms with Crippen molar-refractivity contribution in [1.82, 2.24) is 0 Å². The first-order valence-electron chi connectivity index (χ1n) is 14.2. The summed E-state index contributed by atoms with van der Waals surface area (Å²) in [4.78, 5) is 21.1. The fourth-order valence-electron chi connectivity index (χ4n) is 4.75. The molecule has 0 aromatic heterocycles. The number of unbranched alkanes of at least 4 members (excludes halogenated alkanes) is 12. The van der Waals surface area contributed by atoms with Gasteiger partial charge in [0.25, 0.3) is 0 Å². The second kappa shape index (κ2) is 21.3. The highest BCUT2D eigenvalue weighted by Gasteiger charge is 2.21. The Balaban J connectivity index is 0.00000159. The summed E-state index contributed by atoms with van der Waals surface area (Å²) in [5.41, 5.74) is 3.09. The van der Waals surface area contributed by atoms with Crippen molar-refractivity contribution in [2.75, 3.05) is 6.61 Å². The molecule has 0 aliphatic carbocycles. The molecule has 2 rings (SSSR count). The van der Waals surface area contributed by atoms with Gasteiger partial charge in [0.15, 0.2) is 0 Å². The second-order valence-corrected chi connectivity index (χ2v) is 9.58. The smallest absolute Gasteiger partial charge is 0.462 e. The Kier molecular flexibility index (Phi) is 18.5. The molecule has 0 bridgehead atoms. The molecule has 1 atom stereocenters. The van der Waals surface area contributed by atoms with Gasteiger partial charge in [0.2, 0.25) is 0 Å². The predicted octanol–water partition coefficient (Wildman–Crippen LogP) is 9.70. The van der Waals surface area contributed by atoms with Crippen molar-refractivity contribution in [1.29, 1.82) is 0 Å². The van der Waals surface area contributed by atoms with Gasteiger partial charge in [-0.25, -0.2) is 9.59 Å². The Morgan fingerprint density at radius 1 is 0.676 bits per heavy atom. The van der Waals surface area contributed by atoms with Crippen LogP contribution in [0, 0.1) is 0 Å². The van der Waals surface area contributed by atoms with E-state index >= 15 is 0 Å². The lowest BCUT2D eigenvalue weighted by Gasteiger charge is -2.21. The summed E-state index contributed by atoms with van der Waals surface area (Å²) in [5.74, 6) is 0.0268. The third kappa shape index (κ3) is 15.1. The van der Waals surface area contributed by atoms with Gasteiger partial charge in [-0.05, 0) is 30.5 Å². The molecule has 206 valence electrons. The Morgan fingerprint density at radius 2 is 1.14 bits per heavy atom. The normalized spacial score (nSPS) is 11.3. The summed E-state index contributed by atoms with van der Waals surface area (Å²) >= 11 is 0. The molecule has 0 heterocycles. The van der Waals surface area contributed by atoms with E-state index in [2.05, 4.69) is 43.3 Å². The van der Waals surface area contributed by atoms with Crippen molar-refractivity contribution < 1.29 is 24.5 Å². The van der Waals surface area contributed by atoms with E-state index in [0.29, 0.717) is 12.2 Å². The number of esters is 1. The predicted molar refractivity (Wildman–Crippen MR) is 152 cm³/mol. The van der Waals surface area contributed by atoms with Crippen LogP contribution in [0.15, 0.2) is 54.6 Å². The van der Waals surface area contributed by atoms with Crippen molar-refractivity contribution in [2.24, 2.45) is 0 Å². The molecule has 5 nitrogen and oxygen atoms in total. The van der Waals surface area contributed by atoms with Crippen LogP contribution < -0.4 is 0 Å². The number of rotatable bonds is 18. The minimum absolute atomic E-state index is 0.209. The largest absolute Gasteiger partial charge is 0.503 e. The number of carbonyl (C=O) groups excluding carboxylic acids is 1. The van der Waals surface area contributed by atoms with Crippen LogP contribution in [0.3, 0.4) is 0 Å². The first kappa shape index (κ1) is 32.2. The summed E-state index contributed by atoms with van der Waals surface area (Å²) in [6, 6.07) is 18.6. The highest BCUT2D eigenvalue weighted by molar-refractivity contribution is 5.91. The van der Waals surface area contributed by atoms with Gasteiger partial charge >= 0.3 is 12.1 Å². The van der Waals surface area contributed by atoms with Crippen LogP contribution >= 0.6 is 0 Å². The molecule has 0 aliphatic rings. The van der Waals surface area contributed by atoms with Gasteiger partial charge in [0.05, 0.1) is 12.2 Å². The summed E-state index contributed by atoms with van der Waals surface area (Å²) in [6.45, 7) is 4.55. The van der Waals surface area contributed by atoms with Crippen molar-refractivity contribution in [3.63, 3.8) is 0 Å². The average molecular weight is 513 g/mol. The molecule has 2 aromatic carbocycles. The molecule has 0 amide bonds. The molecule has 0 saturated carbocycles. The van der Waals surface area contributed by atoms with Crippen LogP contribution in [0.5, 0.6) is 0 Å². The van der Waals surface area contributed by atoms with Gasteiger partial charge in [0.1, 0.15) is 0 Å². The molecule has 5 heteroatoms. The zero-order chi connectivity index (χ0) is 27.1. The molecular formula is C32H48O5.